The summed E-state index contributed by atoms with van der Waals surface area (Å²) in [6.45, 7) is 2.73. The van der Waals surface area contributed by atoms with Gasteiger partial charge in [0, 0.05) is 12.2 Å². The molecule has 3 N–H and O–H groups in total. The molecular formula is C26H28ClN3O2. The molecule has 1 aliphatic rings. The first kappa shape index (κ1) is 23.5. The molecule has 0 spiro atoms. The Morgan fingerprint density at radius 1 is 0.938 bits per heavy atom. The SMILES string of the molecule is CCc1ccc(NC(=O)[C@H](NC(=O)[C@@H]2Cc3ccccc3CN2)c2ccccc2)cc1.Cl. The van der Waals surface area contributed by atoms with Crippen LogP contribution < -0.4 is 16.0 Å². The molecule has 0 saturated carbocycles. The molecule has 1 aliphatic heterocycles. The summed E-state index contributed by atoms with van der Waals surface area (Å²) in [6.07, 6.45) is 1.54. The number of anilines is 1. The fourth-order valence-corrected chi connectivity index (χ4v) is 3.87. The molecular weight excluding hydrogens is 422 g/mol. The molecule has 2 atom stereocenters. The van der Waals surface area contributed by atoms with Crippen molar-refractivity contribution < 1.29 is 9.59 Å². The smallest absolute Gasteiger partial charge is 0.251 e. The van der Waals surface area contributed by atoms with Crippen LogP contribution in [0.3, 0.4) is 0 Å². The number of carbonyl (C=O) groups is 2. The summed E-state index contributed by atoms with van der Waals surface area (Å²) >= 11 is 0. The van der Waals surface area contributed by atoms with Gasteiger partial charge >= 0.3 is 0 Å². The molecule has 3 aromatic carbocycles. The number of hydrogen-bond donors (Lipinski definition) is 3. The number of nitrogens with one attached hydrogen (secondary N) is 3. The van der Waals surface area contributed by atoms with Crippen molar-refractivity contribution in [3.63, 3.8) is 0 Å². The van der Waals surface area contributed by atoms with Crippen LogP contribution >= 0.6 is 12.4 Å². The Balaban J connectivity index is 0.00000289. The first-order valence-corrected chi connectivity index (χ1v) is 10.7. The summed E-state index contributed by atoms with van der Waals surface area (Å²) in [5.74, 6) is -0.445. The summed E-state index contributed by atoms with van der Waals surface area (Å²) in [7, 11) is 0. The Labute approximate surface area is 195 Å². The fraction of sp³-hybridized carbons (Fsp3) is 0.231. The average molecular weight is 450 g/mol. The summed E-state index contributed by atoms with van der Waals surface area (Å²) in [6, 6.07) is 24.1. The highest BCUT2D eigenvalue weighted by Gasteiger charge is 2.29. The molecule has 6 heteroatoms. The predicted molar refractivity (Wildman–Crippen MR) is 130 cm³/mol. The van der Waals surface area contributed by atoms with E-state index >= 15 is 0 Å². The quantitative estimate of drug-likeness (QED) is 0.528. The van der Waals surface area contributed by atoms with Crippen molar-refractivity contribution in [3.8, 4) is 0 Å². The zero-order chi connectivity index (χ0) is 21.6. The Bertz CT molecular complexity index is 1050. The van der Waals surface area contributed by atoms with Gasteiger partial charge in [-0.3, -0.25) is 9.59 Å². The van der Waals surface area contributed by atoms with Crippen molar-refractivity contribution in [1.82, 2.24) is 10.6 Å². The number of fused-ring (bicyclic) bond motifs is 1. The van der Waals surface area contributed by atoms with Crippen LogP contribution in [0.2, 0.25) is 0 Å². The van der Waals surface area contributed by atoms with E-state index in [9.17, 15) is 9.59 Å². The molecule has 4 rings (SSSR count). The minimum Gasteiger partial charge on any atom is -0.339 e. The van der Waals surface area contributed by atoms with Crippen molar-refractivity contribution in [3.05, 3.63) is 101 Å². The highest BCUT2D eigenvalue weighted by atomic mass is 35.5. The number of aryl methyl sites for hydroxylation is 1. The Morgan fingerprint density at radius 3 is 2.28 bits per heavy atom. The van der Waals surface area contributed by atoms with E-state index in [-0.39, 0.29) is 30.3 Å². The van der Waals surface area contributed by atoms with E-state index in [4.69, 9.17) is 0 Å². The largest absolute Gasteiger partial charge is 0.339 e. The minimum absolute atomic E-state index is 0. The predicted octanol–water partition coefficient (Wildman–Crippen LogP) is 4.18. The van der Waals surface area contributed by atoms with Gasteiger partial charge in [-0.1, -0.05) is 73.7 Å². The minimum atomic E-state index is -0.779. The van der Waals surface area contributed by atoms with Crippen LogP contribution in [0.15, 0.2) is 78.9 Å². The van der Waals surface area contributed by atoms with Crippen molar-refractivity contribution in [2.75, 3.05) is 5.32 Å². The lowest BCUT2D eigenvalue weighted by molar-refractivity contribution is -0.128. The highest BCUT2D eigenvalue weighted by Crippen LogP contribution is 2.20. The van der Waals surface area contributed by atoms with Gasteiger partial charge in [0.25, 0.3) is 5.91 Å². The number of rotatable bonds is 6. The number of carbonyl (C=O) groups excluding carboxylic acids is 2. The van der Waals surface area contributed by atoms with E-state index in [1.54, 1.807) is 0 Å². The van der Waals surface area contributed by atoms with Gasteiger partial charge in [-0.25, -0.2) is 0 Å². The van der Waals surface area contributed by atoms with E-state index in [1.807, 2.05) is 66.7 Å². The van der Waals surface area contributed by atoms with Crippen LogP contribution in [0.5, 0.6) is 0 Å². The molecule has 0 radical (unpaired) electrons. The number of benzene rings is 3. The Hall–Kier alpha value is -3.15. The second kappa shape index (κ2) is 10.9. The molecule has 32 heavy (non-hydrogen) atoms. The summed E-state index contributed by atoms with van der Waals surface area (Å²) in [5.41, 5.74) is 5.03. The van der Waals surface area contributed by atoms with Gasteiger partial charge in [0.05, 0.1) is 6.04 Å². The third kappa shape index (κ3) is 5.55. The third-order valence-corrected chi connectivity index (χ3v) is 5.71. The lowest BCUT2D eigenvalue weighted by Crippen LogP contribution is -2.50. The molecule has 0 fully saturated rings. The average Bonchev–Trinajstić information content (AvgIpc) is 2.83. The lowest BCUT2D eigenvalue weighted by atomic mass is 9.95. The Kier molecular flexibility index (Phi) is 8.03. The van der Waals surface area contributed by atoms with Gasteiger partial charge in [0.2, 0.25) is 5.91 Å². The van der Waals surface area contributed by atoms with Crippen LogP contribution in [-0.4, -0.2) is 17.9 Å². The van der Waals surface area contributed by atoms with E-state index < -0.39 is 6.04 Å². The van der Waals surface area contributed by atoms with Gasteiger partial charge in [0.15, 0.2) is 0 Å². The standard InChI is InChI=1S/C26H27N3O2.ClH/c1-2-18-12-14-22(15-13-18)28-26(31)24(19-8-4-3-5-9-19)29-25(30)23-16-20-10-6-7-11-21(20)17-27-23;/h3-15,23-24,27H,2,16-17H2,1H3,(H,28,31)(H,29,30);1H/t23-,24+;/m0./s1. The van der Waals surface area contributed by atoms with Crippen LogP contribution in [0.1, 0.15) is 35.2 Å². The topological polar surface area (TPSA) is 70.2 Å². The zero-order valence-corrected chi connectivity index (χ0v) is 18.8. The van der Waals surface area contributed by atoms with Crippen LogP contribution in [-0.2, 0) is 29.0 Å². The summed E-state index contributed by atoms with van der Waals surface area (Å²) in [5, 5.41) is 9.19. The zero-order valence-electron chi connectivity index (χ0n) is 18.0. The lowest BCUT2D eigenvalue weighted by Gasteiger charge is -2.27. The molecule has 0 bridgehead atoms. The molecule has 0 saturated heterocycles. The van der Waals surface area contributed by atoms with Crippen molar-refractivity contribution >= 4 is 29.9 Å². The number of hydrogen-bond acceptors (Lipinski definition) is 3. The van der Waals surface area contributed by atoms with Gasteiger partial charge in [0.1, 0.15) is 6.04 Å². The van der Waals surface area contributed by atoms with E-state index in [0.717, 1.165) is 17.5 Å². The van der Waals surface area contributed by atoms with Crippen molar-refractivity contribution in [2.24, 2.45) is 0 Å². The van der Waals surface area contributed by atoms with Crippen molar-refractivity contribution in [2.45, 2.75) is 38.4 Å². The molecule has 1 heterocycles. The van der Waals surface area contributed by atoms with Gasteiger partial charge in [-0.2, -0.15) is 0 Å². The number of amides is 2. The van der Waals surface area contributed by atoms with Gasteiger partial charge in [-0.15, -0.1) is 12.4 Å². The van der Waals surface area contributed by atoms with Crippen LogP contribution in [0.25, 0.3) is 0 Å². The maximum absolute atomic E-state index is 13.1. The summed E-state index contributed by atoms with van der Waals surface area (Å²) in [4.78, 5) is 26.2. The summed E-state index contributed by atoms with van der Waals surface area (Å²) < 4.78 is 0. The normalized spacial score (nSPS) is 15.6. The second-order valence-electron chi connectivity index (χ2n) is 7.80. The molecule has 166 valence electrons. The molecule has 0 unspecified atom stereocenters. The first-order valence-electron chi connectivity index (χ1n) is 10.7. The molecule has 0 aromatic heterocycles. The molecule has 3 aromatic rings. The second-order valence-corrected chi connectivity index (χ2v) is 7.80. The van der Waals surface area contributed by atoms with Crippen LogP contribution in [0, 0.1) is 0 Å². The van der Waals surface area contributed by atoms with E-state index in [1.165, 1.54) is 11.1 Å². The van der Waals surface area contributed by atoms with Crippen LogP contribution in [0.4, 0.5) is 5.69 Å². The molecule has 2 amide bonds. The first-order chi connectivity index (χ1) is 15.1. The van der Waals surface area contributed by atoms with Crippen molar-refractivity contribution in [1.29, 1.82) is 0 Å². The molecule has 5 nitrogen and oxygen atoms in total. The van der Waals surface area contributed by atoms with E-state index in [0.29, 0.717) is 18.7 Å². The maximum atomic E-state index is 13.1. The Morgan fingerprint density at radius 2 is 1.59 bits per heavy atom. The monoisotopic (exact) mass is 449 g/mol. The van der Waals surface area contributed by atoms with Gasteiger partial charge < -0.3 is 16.0 Å². The number of halogens is 1. The molecule has 0 aliphatic carbocycles. The fourth-order valence-electron chi connectivity index (χ4n) is 3.87. The van der Waals surface area contributed by atoms with E-state index in [2.05, 4.69) is 35.0 Å². The maximum Gasteiger partial charge on any atom is 0.251 e. The highest BCUT2D eigenvalue weighted by molar-refractivity contribution is 5.98. The third-order valence-electron chi connectivity index (χ3n) is 5.71. The van der Waals surface area contributed by atoms with Gasteiger partial charge in [-0.05, 0) is 47.2 Å².